The lowest BCUT2D eigenvalue weighted by atomic mass is 10.1. The van der Waals surface area contributed by atoms with E-state index in [4.69, 9.17) is 4.55 Å². The molecule has 0 radical (unpaired) electrons. The van der Waals surface area contributed by atoms with Gasteiger partial charge in [-0.05, 0) is 17.0 Å². The topological polar surface area (TPSA) is 83.6 Å². The third kappa shape index (κ3) is 5.01. The largest absolute Gasteiger partial charge is 0.449 e. The molecule has 7 nitrogen and oxygen atoms in total. The molecule has 0 saturated heterocycles. The van der Waals surface area contributed by atoms with Gasteiger partial charge in [0, 0.05) is 7.05 Å². The molecule has 0 atom stereocenters. The summed E-state index contributed by atoms with van der Waals surface area (Å²) in [5.74, 6) is -0.190. The summed E-state index contributed by atoms with van der Waals surface area (Å²) in [5, 5.41) is 1.91. The van der Waals surface area contributed by atoms with Crippen LogP contribution in [-0.4, -0.2) is 31.5 Å². The van der Waals surface area contributed by atoms with Gasteiger partial charge in [0.15, 0.2) is 0 Å². The number of likely N-dealkylation sites (N-methyl/N-ethyl adjacent to an activating group) is 1. The Bertz CT molecular complexity index is 674. The molecule has 0 aliphatic rings. The van der Waals surface area contributed by atoms with Crippen molar-refractivity contribution in [3.05, 3.63) is 54.5 Å². The summed E-state index contributed by atoms with van der Waals surface area (Å²) in [6.45, 7) is 0.759. The van der Waals surface area contributed by atoms with E-state index in [1.54, 1.807) is 10.9 Å². The Labute approximate surface area is 123 Å². The van der Waals surface area contributed by atoms with Crippen LogP contribution in [0.2, 0.25) is 0 Å². The van der Waals surface area contributed by atoms with Crippen molar-refractivity contribution in [1.82, 2.24) is 4.98 Å². The fraction of sp³-hybridized carbons (Fsp3) is 0.231. The van der Waals surface area contributed by atoms with Crippen molar-refractivity contribution in [3.8, 4) is 5.88 Å². The smallest absolute Gasteiger partial charge is 0.318 e. The van der Waals surface area contributed by atoms with Gasteiger partial charge in [0.1, 0.15) is 6.20 Å². The number of hydrogen-bond donors (Lipinski definition) is 1. The van der Waals surface area contributed by atoms with E-state index in [0.29, 0.717) is 0 Å². The van der Waals surface area contributed by atoms with Crippen molar-refractivity contribution < 1.29 is 21.8 Å². The summed E-state index contributed by atoms with van der Waals surface area (Å²) >= 11 is 0. The van der Waals surface area contributed by atoms with Gasteiger partial charge in [0.05, 0.1) is 12.6 Å². The van der Waals surface area contributed by atoms with Gasteiger partial charge in [0.25, 0.3) is 0 Å². The minimum absolute atomic E-state index is 0.190. The number of aromatic nitrogens is 2. The molecule has 0 fully saturated rings. The minimum Gasteiger partial charge on any atom is -0.318 e. The van der Waals surface area contributed by atoms with Gasteiger partial charge in [-0.1, -0.05) is 30.3 Å². The van der Waals surface area contributed by atoms with Crippen molar-refractivity contribution in [3.63, 3.8) is 0 Å². The number of rotatable bonds is 6. The molecule has 0 spiro atoms. The molecule has 2 rings (SSSR count). The summed E-state index contributed by atoms with van der Waals surface area (Å²) in [7, 11) is -2.66. The van der Waals surface area contributed by atoms with E-state index in [0.717, 1.165) is 13.0 Å². The maximum absolute atomic E-state index is 10.6. The molecule has 1 aromatic carbocycles. The summed E-state index contributed by atoms with van der Waals surface area (Å²) in [6, 6.07) is 11.4. The fourth-order valence-corrected chi connectivity index (χ4v) is 2.06. The second kappa shape index (κ2) is 6.51. The zero-order chi connectivity index (χ0) is 15.3. The Morgan fingerprint density at radius 2 is 2.00 bits per heavy atom. The van der Waals surface area contributed by atoms with E-state index in [1.807, 2.05) is 30.3 Å². The van der Waals surface area contributed by atoms with Crippen molar-refractivity contribution >= 4 is 10.4 Å². The van der Waals surface area contributed by atoms with Crippen LogP contribution in [0.5, 0.6) is 5.88 Å². The predicted molar refractivity (Wildman–Crippen MR) is 75.8 cm³/mol. The molecule has 8 heteroatoms. The molecule has 112 valence electrons. The van der Waals surface area contributed by atoms with Crippen LogP contribution >= 0.6 is 0 Å². The van der Waals surface area contributed by atoms with Crippen LogP contribution in [0.15, 0.2) is 48.9 Å². The first-order valence-corrected chi connectivity index (χ1v) is 7.60. The second-order valence-corrected chi connectivity index (χ2v) is 5.43. The van der Waals surface area contributed by atoms with Crippen molar-refractivity contribution in [2.24, 2.45) is 0 Å². The standard InChI is InChI=1S/C13H15N3O4S/c1-15(9-7-12-5-3-2-4-6-12)16-10-8-13(14-11-16)20-21(17,18)19/h2-6,8,10-11H,7,9H2,1H3/p+1. The summed E-state index contributed by atoms with van der Waals surface area (Å²) in [5.41, 5.74) is 1.23. The summed E-state index contributed by atoms with van der Waals surface area (Å²) in [6.07, 6.45) is 3.87. The first-order chi connectivity index (χ1) is 9.94. The van der Waals surface area contributed by atoms with Crippen LogP contribution in [0.4, 0.5) is 0 Å². The molecule has 0 saturated carbocycles. The van der Waals surface area contributed by atoms with Gasteiger partial charge < -0.3 is 4.18 Å². The lowest BCUT2D eigenvalue weighted by Gasteiger charge is -2.15. The SMILES string of the molecule is CN(CCc1ccccc1)[n+]1ccc(OS(=O)(=O)O)nc1. The Balaban J connectivity index is 1.95. The normalized spacial score (nSPS) is 11.1. The van der Waals surface area contributed by atoms with E-state index in [1.165, 1.54) is 18.0 Å². The molecule has 0 bridgehead atoms. The molecule has 1 aromatic heterocycles. The van der Waals surface area contributed by atoms with Crippen LogP contribution in [0, 0.1) is 0 Å². The Hall–Kier alpha value is -2.19. The first-order valence-electron chi connectivity index (χ1n) is 6.23. The van der Waals surface area contributed by atoms with Gasteiger partial charge in [-0.2, -0.15) is 8.42 Å². The number of hydrogen-bond acceptors (Lipinski definition) is 5. The van der Waals surface area contributed by atoms with Gasteiger partial charge in [-0.25, -0.2) is 5.01 Å². The molecule has 1 N–H and O–H groups in total. The van der Waals surface area contributed by atoms with Crippen LogP contribution in [0.1, 0.15) is 5.56 Å². The van der Waals surface area contributed by atoms with E-state index < -0.39 is 10.4 Å². The van der Waals surface area contributed by atoms with E-state index in [-0.39, 0.29) is 5.88 Å². The van der Waals surface area contributed by atoms with Crippen molar-refractivity contribution in [2.75, 3.05) is 18.6 Å². The van der Waals surface area contributed by atoms with Gasteiger partial charge >= 0.3 is 22.6 Å². The van der Waals surface area contributed by atoms with Gasteiger partial charge in [-0.15, -0.1) is 4.68 Å². The molecule has 0 amide bonds. The van der Waals surface area contributed by atoms with Gasteiger partial charge in [0.2, 0.25) is 0 Å². The lowest BCUT2D eigenvalue weighted by Crippen LogP contribution is -2.55. The highest BCUT2D eigenvalue weighted by atomic mass is 32.3. The van der Waals surface area contributed by atoms with Crippen LogP contribution in [-0.2, 0) is 16.8 Å². The fourth-order valence-electron chi connectivity index (χ4n) is 1.75. The highest BCUT2D eigenvalue weighted by molar-refractivity contribution is 7.81. The molecule has 2 aromatic rings. The molecule has 1 heterocycles. The average Bonchev–Trinajstić information content (AvgIpc) is 2.45. The van der Waals surface area contributed by atoms with Crippen molar-refractivity contribution in [1.29, 1.82) is 0 Å². The quantitative estimate of drug-likeness (QED) is 0.613. The Morgan fingerprint density at radius 1 is 1.29 bits per heavy atom. The highest BCUT2D eigenvalue weighted by Gasteiger charge is 2.14. The zero-order valence-corrected chi connectivity index (χ0v) is 12.3. The molecule has 21 heavy (non-hydrogen) atoms. The molecule has 0 unspecified atom stereocenters. The molecule has 0 aliphatic carbocycles. The average molecular weight is 310 g/mol. The Kier molecular flexibility index (Phi) is 4.71. The lowest BCUT2D eigenvalue weighted by molar-refractivity contribution is -0.693. The second-order valence-electron chi connectivity index (χ2n) is 4.41. The third-order valence-electron chi connectivity index (χ3n) is 2.82. The predicted octanol–water partition coefficient (Wildman–Crippen LogP) is 0.361. The van der Waals surface area contributed by atoms with E-state index in [2.05, 4.69) is 21.3 Å². The number of nitrogens with zero attached hydrogens (tertiary/aromatic N) is 3. The minimum atomic E-state index is -4.54. The molecule has 0 aliphatic heterocycles. The van der Waals surface area contributed by atoms with Crippen molar-refractivity contribution in [2.45, 2.75) is 6.42 Å². The van der Waals surface area contributed by atoms with E-state index in [9.17, 15) is 8.42 Å². The molecular formula is C13H16N3O4S+. The van der Waals surface area contributed by atoms with Crippen LogP contribution in [0.25, 0.3) is 0 Å². The third-order valence-corrected chi connectivity index (χ3v) is 3.21. The van der Waals surface area contributed by atoms with Crippen LogP contribution in [0.3, 0.4) is 0 Å². The molecular weight excluding hydrogens is 294 g/mol. The maximum Gasteiger partial charge on any atom is 0.449 e. The number of benzene rings is 1. The maximum atomic E-state index is 10.6. The Morgan fingerprint density at radius 3 is 2.57 bits per heavy atom. The monoisotopic (exact) mass is 310 g/mol. The highest BCUT2D eigenvalue weighted by Crippen LogP contribution is 2.04. The van der Waals surface area contributed by atoms with Crippen LogP contribution < -0.4 is 13.9 Å². The first kappa shape index (κ1) is 15.2. The van der Waals surface area contributed by atoms with Gasteiger partial charge in [-0.3, -0.25) is 4.55 Å². The summed E-state index contributed by atoms with van der Waals surface area (Å²) in [4.78, 5) is 3.80. The van der Waals surface area contributed by atoms with E-state index >= 15 is 0 Å². The summed E-state index contributed by atoms with van der Waals surface area (Å²) < 4.78 is 35.6. The zero-order valence-electron chi connectivity index (χ0n) is 11.5.